The van der Waals surface area contributed by atoms with Crippen LogP contribution < -0.4 is 5.73 Å². The van der Waals surface area contributed by atoms with Gasteiger partial charge in [-0.15, -0.1) is 11.3 Å². The van der Waals surface area contributed by atoms with Crippen molar-refractivity contribution in [2.45, 2.75) is 19.3 Å². The first-order valence-electron chi connectivity index (χ1n) is 7.07. The summed E-state index contributed by atoms with van der Waals surface area (Å²) in [5.41, 5.74) is 5.27. The summed E-state index contributed by atoms with van der Waals surface area (Å²) < 4.78 is 5.16. The summed E-state index contributed by atoms with van der Waals surface area (Å²) in [7, 11) is 0. The average Bonchev–Trinajstić information content (AvgIpc) is 3.23. The predicted octanol–water partition coefficient (Wildman–Crippen LogP) is 1.06. The summed E-state index contributed by atoms with van der Waals surface area (Å²) in [6, 6.07) is 3.83. The first-order valence-corrected chi connectivity index (χ1v) is 7.95. The minimum absolute atomic E-state index is 0.0142. The number of amides is 2. The van der Waals surface area contributed by atoms with Crippen LogP contribution in [0.4, 0.5) is 0 Å². The molecule has 8 heteroatoms. The molecule has 1 atom stereocenters. The molecule has 1 aliphatic heterocycles. The molecule has 22 heavy (non-hydrogen) atoms. The van der Waals surface area contributed by atoms with Crippen LogP contribution in [0.15, 0.2) is 22.0 Å². The molecule has 1 aliphatic rings. The molecule has 3 rings (SSSR count). The first kappa shape index (κ1) is 14.7. The van der Waals surface area contributed by atoms with Gasteiger partial charge in [0.1, 0.15) is 0 Å². The zero-order valence-electron chi connectivity index (χ0n) is 11.9. The third kappa shape index (κ3) is 3.16. The fourth-order valence-corrected chi connectivity index (χ4v) is 3.10. The Hall–Kier alpha value is -2.22. The lowest BCUT2D eigenvalue weighted by Crippen LogP contribution is -2.31. The molecule has 0 spiro atoms. The minimum atomic E-state index is -0.340. The maximum atomic E-state index is 12.1. The number of primary amides is 1. The van der Waals surface area contributed by atoms with E-state index in [0.717, 1.165) is 4.88 Å². The molecule has 2 N–H and O–H groups in total. The van der Waals surface area contributed by atoms with E-state index in [0.29, 0.717) is 37.6 Å². The first-order chi connectivity index (χ1) is 10.6. The molecule has 0 radical (unpaired) electrons. The molecule has 3 heterocycles. The van der Waals surface area contributed by atoms with Gasteiger partial charge in [-0.05, 0) is 17.9 Å². The van der Waals surface area contributed by atoms with Crippen LogP contribution in [0.3, 0.4) is 0 Å². The Morgan fingerprint density at radius 2 is 2.36 bits per heavy atom. The summed E-state index contributed by atoms with van der Waals surface area (Å²) in [5, 5.41) is 5.85. The monoisotopic (exact) mass is 320 g/mol. The molecule has 2 aromatic rings. The van der Waals surface area contributed by atoms with Crippen LogP contribution in [0.25, 0.3) is 10.7 Å². The van der Waals surface area contributed by atoms with Gasteiger partial charge in [-0.2, -0.15) is 4.98 Å². The number of aromatic nitrogens is 2. The highest BCUT2D eigenvalue weighted by molar-refractivity contribution is 7.13. The van der Waals surface area contributed by atoms with Crippen LogP contribution in [0.2, 0.25) is 0 Å². The minimum Gasteiger partial charge on any atom is -0.369 e. The Bertz CT molecular complexity index is 667. The van der Waals surface area contributed by atoms with Crippen LogP contribution in [-0.4, -0.2) is 39.9 Å². The summed E-state index contributed by atoms with van der Waals surface area (Å²) in [6.45, 7) is 0.995. The van der Waals surface area contributed by atoms with E-state index in [1.165, 1.54) is 11.3 Å². The molecule has 116 valence electrons. The lowest BCUT2D eigenvalue weighted by atomic mass is 10.1. The van der Waals surface area contributed by atoms with E-state index < -0.39 is 0 Å². The van der Waals surface area contributed by atoms with Crippen molar-refractivity contribution in [1.29, 1.82) is 0 Å². The second kappa shape index (κ2) is 6.27. The summed E-state index contributed by atoms with van der Waals surface area (Å²) >= 11 is 1.53. The molecule has 0 bridgehead atoms. The normalized spacial score (nSPS) is 17.8. The number of carbonyl (C=O) groups excluding carboxylic acids is 2. The quantitative estimate of drug-likeness (QED) is 0.887. The summed E-state index contributed by atoms with van der Waals surface area (Å²) in [4.78, 5) is 30.1. The molecular weight excluding hydrogens is 304 g/mol. The van der Waals surface area contributed by atoms with Gasteiger partial charge in [-0.25, -0.2) is 0 Å². The van der Waals surface area contributed by atoms with Gasteiger partial charge < -0.3 is 15.2 Å². The largest absolute Gasteiger partial charge is 0.369 e. The van der Waals surface area contributed by atoms with E-state index in [4.69, 9.17) is 10.3 Å². The van der Waals surface area contributed by atoms with Gasteiger partial charge >= 0.3 is 0 Å². The smallest absolute Gasteiger partial charge is 0.227 e. The molecule has 0 unspecified atom stereocenters. The van der Waals surface area contributed by atoms with E-state index in [-0.39, 0.29) is 24.2 Å². The van der Waals surface area contributed by atoms with Gasteiger partial charge in [0.25, 0.3) is 0 Å². The Morgan fingerprint density at radius 3 is 3.05 bits per heavy atom. The van der Waals surface area contributed by atoms with Gasteiger partial charge in [0.15, 0.2) is 0 Å². The summed E-state index contributed by atoms with van der Waals surface area (Å²) in [6.07, 6.45) is 1.33. The van der Waals surface area contributed by atoms with Crippen LogP contribution in [0.1, 0.15) is 18.7 Å². The number of hydrogen-bond donors (Lipinski definition) is 1. The highest BCUT2D eigenvalue weighted by Gasteiger charge is 2.29. The predicted molar refractivity (Wildman–Crippen MR) is 79.8 cm³/mol. The zero-order valence-corrected chi connectivity index (χ0v) is 12.7. The maximum absolute atomic E-state index is 12.1. The SMILES string of the molecule is NC(=O)[C@H]1CCN(C(=O)CCc2nc(-c3cccs3)no2)C1. The molecule has 0 saturated carbocycles. The Balaban J connectivity index is 1.52. The van der Waals surface area contributed by atoms with Crippen molar-refractivity contribution < 1.29 is 14.1 Å². The van der Waals surface area contributed by atoms with E-state index >= 15 is 0 Å². The molecule has 1 saturated heterocycles. The number of likely N-dealkylation sites (tertiary alicyclic amines) is 1. The molecule has 7 nitrogen and oxygen atoms in total. The topological polar surface area (TPSA) is 102 Å². The van der Waals surface area contributed by atoms with Crippen molar-refractivity contribution in [1.82, 2.24) is 15.0 Å². The second-order valence-corrected chi connectivity index (χ2v) is 6.16. The summed E-state index contributed by atoms with van der Waals surface area (Å²) in [5.74, 6) is 0.417. The lowest BCUT2D eigenvalue weighted by molar-refractivity contribution is -0.130. The fourth-order valence-electron chi connectivity index (χ4n) is 2.45. The van der Waals surface area contributed by atoms with E-state index in [1.807, 2.05) is 17.5 Å². The zero-order chi connectivity index (χ0) is 15.5. The number of carbonyl (C=O) groups is 2. The molecule has 2 aromatic heterocycles. The number of nitrogens with two attached hydrogens (primary N) is 1. The number of hydrogen-bond acceptors (Lipinski definition) is 6. The van der Waals surface area contributed by atoms with Crippen LogP contribution >= 0.6 is 11.3 Å². The standard InChI is InChI=1S/C14H16N4O3S/c15-13(20)9-5-6-18(8-9)12(19)4-3-11-16-14(17-21-11)10-2-1-7-22-10/h1-2,7,9H,3-6,8H2,(H2,15,20)/t9-/m0/s1. The van der Waals surface area contributed by atoms with E-state index in [9.17, 15) is 9.59 Å². The van der Waals surface area contributed by atoms with E-state index in [2.05, 4.69) is 10.1 Å². The van der Waals surface area contributed by atoms with Gasteiger partial charge in [0.05, 0.1) is 10.8 Å². The van der Waals surface area contributed by atoms with Crippen LogP contribution in [-0.2, 0) is 16.0 Å². The Kier molecular flexibility index (Phi) is 4.19. The van der Waals surface area contributed by atoms with Gasteiger partial charge in [-0.3, -0.25) is 9.59 Å². The third-order valence-corrected chi connectivity index (χ3v) is 4.57. The number of rotatable bonds is 5. The molecular formula is C14H16N4O3S. The molecule has 1 fully saturated rings. The van der Waals surface area contributed by atoms with Crippen molar-refractivity contribution in [3.63, 3.8) is 0 Å². The maximum Gasteiger partial charge on any atom is 0.227 e. The number of aryl methyl sites for hydroxylation is 1. The van der Waals surface area contributed by atoms with Crippen LogP contribution in [0.5, 0.6) is 0 Å². The Labute approximate surface area is 131 Å². The van der Waals surface area contributed by atoms with Gasteiger partial charge in [0.2, 0.25) is 23.5 Å². The third-order valence-electron chi connectivity index (χ3n) is 3.71. The van der Waals surface area contributed by atoms with Gasteiger partial charge in [-0.1, -0.05) is 11.2 Å². The second-order valence-electron chi connectivity index (χ2n) is 5.22. The molecule has 2 amide bonds. The van der Waals surface area contributed by atoms with Crippen molar-refractivity contribution in [3.05, 3.63) is 23.4 Å². The fraction of sp³-hybridized carbons (Fsp3) is 0.429. The molecule has 0 aromatic carbocycles. The van der Waals surface area contributed by atoms with Crippen molar-refractivity contribution in [2.24, 2.45) is 11.7 Å². The highest BCUT2D eigenvalue weighted by atomic mass is 32.1. The average molecular weight is 320 g/mol. The van der Waals surface area contributed by atoms with Crippen LogP contribution in [0, 0.1) is 5.92 Å². The van der Waals surface area contributed by atoms with E-state index in [1.54, 1.807) is 4.90 Å². The van der Waals surface area contributed by atoms with Gasteiger partial charge in [0, 0.05) is 25.9 Å². The number of nitrogens with zero attached hydrogens (tertiary/aromatic N) is 3. The highest BCUT2D eigenvalue weighted by Crippen LogP contribution is 2.22. The van der Waals surface area contributed by atoms with Crippen molar-refractivity contribution in [3.8, 4) is 10.7 Å². The molecule has 0 aliphatic carbocycles. The van der Waals surface area contributed by atoms with Crippen molar-refractivity contribution in [2.75, 3.05) is 13.1 Å². The number of thiophene rings is 1. The Morgan fingerprint density at radius 1 is 1.50 bits per heavy atom. The lowest BCUT2D eigenvalue weighted by Gasteiger charge is -2.15. The van der Waals surface area contributed by atoms with Crippen molar-refractivity contribution >= 4 is 23.2 Å².